The standard InChI is InChI=1S/C20H16N2O/c23-20-14-16(21-19-6-2-1-5-18(19)20)13-15-7-9-17(10-8-15)22-11-3-4-12-22/h1-12,14H,13H2,(H,21,23). The van der Waals surface area contributed by atoms with Crippen molar-refractivity contribution < 1.29 is 0 Å². The zero-order chi connectivity index (χ0) is 15.6. The van der Waals surface area contributed by atoms with Crippen LogP contribution in [0.1, 0.15) is 11.3 Å². The van der Waals surface area contributed by atoms with Crippen LogP contribution in [0.3, 0.4) is 0 Å². The van der Waals surface area contributed by atoms with Gasteiger partial charge in [0.05, 0.1) is 0 Å². The van der Waals surface area contributed by atoms with E-state index in [0.717, 1.165) is 22.3 Å². The molecule has 0 amide bonds. The number of pyridine rings is 1. The first-order chi connectivity index (χ1) is 11.3. The largest absolute Gasteiger partial charge is 0.358 e. The number of nitrogens with one attached hydrogen (secondary N) is 1. The molecule has 0 aliphatic rings. The van der Waals surface area contributed by atoms with E-state index in [2.05, 4.69) is 33.8 Å². The fraction of sp³-hybridized carbons (Fsp3) is 0.0500. The predicted octanol–water partition coefficient (Wildman–Crippen LogP) is 3.91. The van der Waals surface area contributed by atoms with E-state index in [0.29, 0.717) is 6.42 Å². The Hall–Kier alpha value is -3.07. The normalized spacial score (nSPS) is 11.0. The zero-order valence-electron chi connectivity index (χ0n) is 12.6. The second-order valence-corrected chi connectivity index (χ2v) is 5.64. The quantitative estimate of drug-likeness (QED) is 0.612. The van der Waals surface area contributed by atoms with Crippen molar-refractivity contribution in [1.82, 2.24) is 9.55 Å². The molecule has 0 saturated heterocycles. The van der Waals surface area contributed by atoms with Crippen LogP contribution in [0.15, 0.2) is 83.9 Å². The predicted molar refractivity (Wildman–Crippen MR) is 93.1 cm³/mol. The average Bonchev–Trinajstić information content (AvgIpc) is 3.10. The smallest absolute Gasteiger partial charge is 0.189 e. The van der Waals surface area contributed by atoms with Crippen LogP contribution < -0.4 is 5.43 Å². The first-order valence-corrected chi connectivity index (χ1v) is 7.63. The first-order valence-electron chi connectivity index (χ1n) is 7.63. The van der Waals surface area contributed by atoms with Crippen molar-refractivity contribution in [3.8, 4) is 5.69 Å². The number of nitrogens with zero attached hydrogens (tertiary/aromatic N) is 1. The summed E-state index contributed by atoms with van der Waals surface area (Å²) in [6.07, 6.45) is 4.76. The molecule has 3 nitrogen and oxygen atoms in total. The molecule has 0 radical (unpaired) electrons. The van der Waals surface area contributed by atoms with Gasteiger partial charge in [0.2, 0.25) is 0 Å². The third-order valence-corrected chi connectivity index (χ3v) is 4.03. The Morgan fingerprint density at radius 2 is 1.61 bits per heavy atom. The summed E-state index contributed by atoms with van der Waals surface area (Å²) in [6, 6.07) is 21.7. The second kappa shape index (κ2) is 5.61. The van der Waals surface area contributed by atoms with Gasteiger partial charge in [0.1, 0.15) is 0 Å². The van der Waals surface area contributed by atoms with Gasteiger partial charge in [-0.3, -0.25) is 4.79 Å². The molecular formula is C20H16N2O. The van der Waals surface area contributed by atoms with Crippen LogP contribution in [0.2, 0.25) is 0 Å². The SMILES string of the molecule is O=c1cc(Cc2ccc(-n3cccc3)cc2)[nH]c2ccccc12. The Balaban J connectivity index is 1.64. The minimum Gasteiger partial charge on any atom is -0.358 e. The topological polar surface area (TPSA) is 37.8 Å². The van der Waals surface area contributed by atoms with E-state index < -0.39 is 0 Å². The summed E-state index contributed by atoms with van der Waals surface area (Å²) in [6.45, 7) is 0. The molecule has 2 aromatic heterocycles. The number of aromatic nitrogens is 2. The Kier molecular flexibility index (Phi) is 3.31. The van der Waals surface area contributed by atoms with Crippen molar-refractivity contribution >= 4 is 10.9 Å². The number of aromatic amines is 1. The van der Waals surface area contributed by atoms with Crippen molar-refractivity contribution in [2.45, 2.75) is 6.42 Å². The van der Waals surface area contributed by atoms with Crippen LogP contribution in [0.5, 0.6) is 0 Å². The fourth-order valence-corrected chi connectivity index (χ4v) is 2.86. The van der Waals surface area contributed by atoms with E-state index in [-0.39, 0.29) is 5.43 Å². The van der Waals surface area contributed by atoms with Gasteiger partial charge < -0.3 is 9.55 Å². The van der Waals surface area contributed by atoms with Crippen molar-refractivity contribution in [2.75, 3.05) is 0 Å². The molecule has 3 heteroatoms. The van der Waals surface area contributed by atoms with Gasteiger partial charge in [-0.2, -0.15) is 0 Å². The summed E-state index contributed by atoms with van der Waals surface area (Å²) in [5, 5.41) is 0.735. The summed E-state index contributed by atoms with van der Waals surface area (Å²) in [7, 11) is 0. The van der Waals surface area contributed by atoms with Gasteiger partial charge in [-0.25, -0.2) is 0 Å². The van der Waals surface area contributed by atoms with E-state index >= 15 is 0 Å². The lowest BCUT2D eigenvalue weighted by molar-refractivity contribution is 1.06. The molecule has 0 bridgehead atoms. The van der Waals surface area contributed by atoms with E-state index in [1.165, 1.54) is 5.56 Å². The second-order valence-electron chi connectivity index (χ2n) is 5.64. The fourth-order valence-electron chi connectivity index (χ4n) is 2.86. The van der Waals surface area contributed by atoms with Crippen LogP contribution in [0.25, 0.3) is 16.6 Å². The Labute approximate surface area is 133 Å². The van der Waals surface area contributed by atoms with Gasteiger partial charge in [-0.15, -0.1) is 0 Å². The van der Waals surface area contributed by atoms with E-state index in [9.17, 15) is 4.79 Å². The summed E-state index contributed by atoms with van der Waals surface area (Å²) in [5.74, 6) is 0. The monoisotopic (exact) mass is 300 g/mol. The molecule has 0 aliphatic heterocycles. The third kappa shape index (κ3) is 2.69. The molecule has 4 aromatic rings. The van der Waals surface area contributed by atoms with Crippen molar-refractivity contribution in [2.24, 2.45) is 0 Å². The maximum Gasteiger partial charge on any atom is 0.189 e. The van der Waals surface area contributed by atoms with Crippen LogP contribution in [0.4, 0.5) is 0 Å². The highest BCUT2D eigenvalue weighted by Crippen LogP contribution is 2.14. The number of hydrogen-bond acceptors (Lipinski definition) is 1. The van der Waals surface area contributed by atoms with E-state index in [1.54, 1.807) is 6.07 Å². The molecule has 0 aliphatic carbocycles. The summed E-state index contributed by atoms with van der Waals surface area (Å²) >= 11 is 0. The molecule has 0 atom stereocenters. The molecule has 0 saturated carbocycles. The van der Waals surface area contributed by atoms with Gasteiger partial charge in [0, 0.05) is 47.2 Å². The molecule has 23 heavy (non-hydrogen) atoms. The molecule has 1 N–H and O–H groups in total. The highest BCUT2D eigenvalue weighted by Gasteiger charge is 2.03. The van der Waals surface area contributed by atoms with Gasteiger partial charge in [-0.05, 0) is 42.0 Å². The number of benzene rings is 2. The van der Waals surface area contributed by atoms with Crippen LogP contribution in [0, 0.1) is 0 Å². The molecule has 2 aromatic carbocycles. The number of hydrogen-bond donors (Lipinski definition) is 1. The number of fused-ring (bicyclic) bond motifs is 1. The van der Waals surface area contributed by atoms with Crippen molar-refractivity contribution in [1.29, 1.82) is 0 Å². The summed E-state index contributed by atoms with van der Waals surface area (Å²) < 4.78 is 2.07. The average molecular weight is 300 g/mol. The lowest BCUT2D eigenvalue weighted by Crippen LogP contribution is -2.05. The summed E-state index contributed by atoms with van der Waals surface area (Å²) in [4.78, 5) is 15.5. The van der Waals surface area contributed by atoms with E-state index in [4.69, 9.17) is 0 Å². The summed E-state index contributed by atoms with van der Waals surface area (Å²) in [5.41, 5.74) is 4.19. The van der Waals surface area contributed by atoms with Gasteiger partial charge in [0.15, 0.2) is 5.43 Å². The van der Waals surface area contributed by atoms with Crippen LogP contribution >= 0.6 is 0 Å². The highest BCUT2D eigenvalue weighted by molar-refractivity contribution is 5.78. The zero-order valence-corrected chi connectivity index (χ0v) is 12.6. The lowest BCUT2D eigenvalue weighted by Gasteiger charge is -2.07. The van der Waals surface area contributed by atoms with Crippen molar-refractivity contribution in [3.63, 3.8) is 0 Å². The van der Waals surface area contributed by atoms with Gasteiger partial charge in [-0.1, -0.05) is 24.3 Å². The Morgan fingerprint density at radius 1 is 0.870 bits per heavy atom. The minimum atomic E-state index is 0.0679. The maximum absolute atomic E-state index is 12.2. The third-order valence-electron chi connectivity index (χ3n) is 4.03. The number of para-hydroxylation sites is 1. The number of H-pyrrole nitrogens is 1. The van der Waals surface area contributed by atoms with E-state index in [1.807, 2.05) is 48.8 Å². The van der Waals surface area contributed by atoms with Gasteiger partial charge >= 0.3 is 0 Å². The molecular weight excluding hydrogens is 284 g/mol. The minimum absolute atomic E-state index is 0.0679. The molecule has 112 valence electrons. The molecule has 4 rings (SSSR count). The van der Waals surface area contributed by atoms with Gasteiger partial charge in [0.25, 0.3) is 0 Å². The lowest BCUT2D eigenvalue weighted by atomic mass is 10.1. The molecule has 0 fully saturated rings. The molecule has 0 unspecified atom stereocenters. The highest BCUT2D eigenvalue weighted by atomic mass is 16.1. The first kappa shape index (κ1) is 13.6. The van der Waals surface area contributed by atoms with Crippen molar-refractivity contribution in [3.05, 3.63) is 101 Å². The maximum atomic E-state index is 12.2. The van der Waals surface area contributed by atoms with Crippen LogP contribution in [-0.4, -0.2) is 9.55 Å². The Morgan fingerprint density at radius 3 is 2.39 bits per heavy atom. The molecule has 0 spiro atoms. The number of rotatable bonds is 3. The molecule has 2 heterocycles. The van der Waals surface area contributed by atoms with Crippen LogP contribution in [-0.2, 0) is 6.42 Å². The Bertz CT molecular complexity index is 996.